The molecule has 0 unspecified atom stereocenters. The quantitative estimate of drug-likeness (QED) is 0.505. The van der Waals surface area contributed by atoms with Crippen LogP contribution in [0.3, 0.4) is 0 Å². The molecule has 0 rings (SSSR count). The zero-order valence-electron chi connectivity index (χ0n) is 7.90. The van der Waals surface area contributed by atoms with Crippen LogP contribution in [0.1, 0.15) is 26.7 Å². The zero-order chi connectivity index (χ0) is 10.4. The number of aliphatic carboxylic acids is 1. The van der Waals surface area contributed by atoms with Gasteiger partial charge in [-0.1, -0.05) is 13.8 Å². The summed E-state index contributed by atoms with van der Waals surface area (Å²) in [5, 5.41) is 18.7. The highest BCUT2D eigenvalue weighted by Gasteiger charge is 2.19. The monoisotopic (exact) mass is 189 g/mol. The van der Waals surface area contributed by atoms with E-state index in [1.165, 1.54) is 0 Å². The Morgan fingerprint density at radius 2 is 2.08 bits per heavy atom. The maximum Gasteiger partial charge on any atom is 0.303 e. The first-order valence-corrected chi connectivity index (χ1v) is 4.25. The largest absolute Gasteiger partial charge is 0.481 e. The summed E-state index contributed by atoms with van der Waals surface area (Å²) in [7, 11) is 0. The third kappa shape index (κ3) is 7.24. The molecule has 0 saturated carbocycles. The van der Waals surface area contributed by atoms with E-state index >= 15 is 0 Å². The number of nitro groups is 1. The van der Waals surface area contributed by atoms with Gasteiger partial charge in [0, 0.05) is 10.8 Å². The molecular formula is C8H15NO4. The number of nitrogens with zero attached hydrogens (tertiary/aromatic N) is 1. The number of hydrogen-bond acceptors (Lipinski definition) is 3. The molecule has 0 amide bonds. The summed E-state index contributed by atoms with van der Waals surface area (Å²) in [5.41, 5.74) is 0. The van der Waals surface area contributed by atoms with Gasteiger partial charge >= 0.3 is 5.97 Å². The van der Waals surface area contributed by atoms with Crippen LogP contribution < -0.4 is 0 Å². The van der Waals surface area contributed by atoms with Gasteiger partial charge in [-0.25, -0.2) is 0 Å². The van der Waals surface area contributed by atoms with Crippen LogP contribution in [0.15, 0.2) is 0 Å². The smallest absolute Gasteiger partial charge is 0.303 e. The van der Waals surface area contributed by atoms with Gasteiger partial charge in [-0.3, -0.25) is 14.9 Å². The number of hydrogen-bond donors (Lipinski definition) is 1. The van der Waals surface area contributed by atoms with E-state index < -0.39 is 10.9 Å². The molecule has 5 heteroatoms. The predicted octanol–water partition coefficient (Wildman–Crippen LogP) is 1.40. The van der Waals surface area contributed by atoms with Crippen LogP contribution in [0.4, 0.5) is 0 Å². The molecule has 0 saturated heterocycles. The predicted molar refractivity (Wildman–Crippen MR) is 47.1 cm³/mol. The lowest BCUT2D eigenvalue weighted by molar-refractivity contribution is -0.488. The summed E-state index contributed by atoms with van der Waals surface area (Å²) in [6, 6.07) is 0. The lowest BCUT2D eigenvalue weighted by atomic mass is 9.94. The van der Waals surface area contributed by atoms with Gasteiger partial charge in [0.15, 0.2) is 0 Å². The average molecular weight is 189 g/mol. The number of carbonyl (C=O) groups is 1. The van der Waals surface area contributed by atoms with Crippen LogP contribution in [-0.2, 0) is 4.79 Å². The first kappa shape index (κ1) is 11.9. The molecule has 76 valence electrons. The Morgan fingerprint density at radius 1 is 1.54 bits per heavy atom. The van der Waals surface area contributed by atoms with Crippen LogP contribution >= 0.6 is 0 Å². The molecule has 0 aliphatic rings. The van der Waals surface area contributed by atoms with Crippen LogP contribution in [0.25, 0.3) is 0 Å². The van der Waals surface area contributed by atoms with E-state index in [9.17, 15) is 14.9 Å². The molecule has 1 atom stereocenters. The Kier molecular flexibility index (Phi) is 5.03. The third-order valence-corrected chi connectivity index (χ3v) is 1.68. The molecular weight excluding hydrogens is 174 g/mol. The molecule has 0 fully saturated rings. The maximum absolute atomic E-state index is 10.4. The minimum Gasteiger partial charge on any atom is -0.481 e. The molecule has 0 bridgehead atoms. The third-order valence-electron chi connectivity index (χ3n) is 1.68. The zero-order valence-corrected chi connectivity index (χ0v) is 7.90. The lowest BCUT2D eigenvalue weighted by Gasteiger charge is -2.12. The Balaban J connectivity index is 4.02. The van der Waals surface area contributed by atoms with Gasteiger partial charge in [-0.05, 0) is 12.3 Å². The van der Waals surface area contributed by atoms with E-state index in [0.717, 1.165) is 0 Å². The van der Waals surface area contributed by atoms with Crippen LogP contribution in [-0.4, -0.2) is 22.5 Å². The summed E-state index contributed by atoms with van der Waals surface area (Å²) in [6.45, 7) is 3.61. The number of carboxylic acids is 1. The first-order valence-electron chi connectivity index (χ1n) is 4.25. The molecule has 0 aromatic heterocycles. The first-order chi connectivity index (χ1) is 5.91. The van der Waals surface area contributed by atoms with Crippen molar-refractivity contribution in [2.45, 2.75) is 26.7 Å². The molecule has 0 radical (unpaired) electrons. The molecule has 0 aliphatic heterocycles. The van der Waals surface area contributed by atoms with Gasteiger partial charge in [0.05, 0.1) is 6.42 Å². The molecule has 1 N–H and O–H groups in total. The normalized spacial score (nSPS) is 12.8. The van der Waals surface area contributed by atoms with Gasteiger partial charge < -0.3 is 5.11 Å². The van der Waals surface area contributed by atoms with Gasteiger partial charge in [0.1, 0.15) is 0 Å². The lowest BCUT2D eigenvalue weighted by Crippen LogP contribution is -2.19. The summed E-state index contributed by atoms with van der Waals surface area (Å²) in [6.07, 6.45) is 0.479. The van der Waals surface area contributed by atoms with Crippen molar-refractivity contribution in [1.82, 2.24) is 0 Å². The van der Waals surface area contributed by atoms with E-state index in [2.05, 4.69) is 0 Å². The Hall–Kier alpha value is -1.13. The van der Waals surface area contributed by atoms with Gasteiger partial charge in [-0.2, -0.15) is 0 Å². The summed E-state index contributed by atoms with van der Waals surface area (Å²) in [4.78, 5) is 20.1. The molecule has 0 aliphatic carbocycles. The van der Waals surface area contributed by atoms with Crippen molar-refractivity contribution in [2.75, 3.05) is 6.54 Å². The van der Waals surface area contributed by atoms with E-state index in [-0.39, 0.29) is 18.9 Å². The summed E-state index contributed by atoms with van der Waals surface area (Å²) in [5.74, 6) is -1.01. The van der Waals surface area contributed by atoms with Crippen molar-refractivity contribution in [3.63, 3.8) is 0 Å². The molecule has 0 aromatic rings. The van der Waals surface area contributed by atoms with E-state index in [4.69, 9.17) is 5.11 Å². The van der Waals surface area contributed by atoms with Gasteiger partial charge in [0.2, 0.25) is 6.54 Å². The van der Waals surface area contributed by atoms with Crippen molar-refractivity contribution >= 4 is 5.97 Å². The maximum atomic E-state index is 10.4. The van der Waals surface area contributed by atoms with Crippen molar-refractivity contribution < 1.29 is 14.8 Å². The topological polar surface area (TPSA) is 80.4 Å². The number of rotatable bonds is 6. The molecule has 0 spiro atoms. The fourth-order valence-corrected chi connectivity index (χ4v) is 1.35. The van der Waals surface area contributed by atoms with Gasteiger partial charge in [-0.15, -0.1) is 0 Å². The second-order valence-electron chi connectivity index (χ2n) is 3.61. The van der Waals surface area contributed by atoms with Gasteiger partial charge in [0.25, 0.3) is 0 Å². The van der Waals surface area contributed by atoms with Crippen molar-refractivity contribution in [3.8, 4) is 0 Å². The highest BCUT2D eigenvalue weighted by molar-refractivity contribution is 5.67. The van der Waals surface area contributed by atoms with Crippen LogP contribution in [0.5, 0.6) is 0 Å². The fraction of sp³-hybridized carbons (Fsp3) is 0.875. The Bertz CT molecular complexity index is 175. The second-order valence-corrected chi connectivity index (χ2v) is 3.61. The Labute approximate surface area is 76.9 Å². The minimum atomic E-state index is -0.965. The SMILES string of the molecule is CC(C)C[C@@H](CC(=O)O)C[N+](=O)[O-]. The van der Waals surface area contributed by atoms with Crippen LogP contribution in [0, 0.1) is 22.0 Å². The highest BCUT2D eigenvalue weighted by Crippen LogP contribution is 2.15. The molecule has 5 nitrogen and oxygen atoms in total. The number of carboxylic acid groups (broad SMARTS) is 1. The van der Waals surface area contributed by atoms with Crippen LogP contribution in [0.2, 0.25) is 0 Å². The molecule has 13 heavy (non-hydrogen) atoms. The molecule has 0 heterocycles. The summed E-state index contributed by atoms with van der Waals surface area (Å²) < 4.78 is 0. The summed E-state index contributed by atoms with van der Waals surface area (Å²) >= 11 is 0. The molecule has 0 aromatic carbocycles. The van der Waals surface area contributed by atoms with Crippen molar-refractivity contribution in [1.29, 1.82) is 0 Å². The van der Waals surface area contributed by atoms with E-state index in [1.807, 2.05) is 13.8 Å². The standard InChI is InChI=1S/C8H15NO4/c1-6(2)3-7(4-8(10)11)5-9(12)13/h6-7H,3-5H2,1-2H3,(H,10,11)/t7-/m0/s1. The Morgan fingerprint density at radius 3 is 2.38 bits per heavy atom. The van der Waals surface area contributed by atoms with E-state index in [1.54, 1.807) is 0 Å². The second kappa shape index (κ2) is 5.50. The van der Waals surface area contributed by atoms with Crippen molar-refractivity contribution in [3.05, 3.63) is 10.1 Å². The minimum absolute atomic E-state index is 0.112. The fourth-order valence-electron chi connectivity index (χ4n) is 1.35. The van der Waals surface area contributed by atoms with E-state index in [0.29, 0.717) is 12.3 Å². The average Bonchev–Trinajstić information content (AvgIpc) is 1.80. The van der Waals surface area contributed by atoms with Crippen molar-refractivity contribution in [2.24, 2.45) is 11.8 Å². The highest BCUT2D eigenvalue weighted by atomic mass is 16.6.